The van der Waals surface area contributed by atoms with Gasteiger partial charge in [-0.3, -0.25) is 0 Å². The van der Waals surface area contributed by atoms with Crippen LogP contribution in [0.2, 0.25) is 0 Å². The highest BCUT2D eigenvalue weighted by Gasteiger charge is 2.25. The fourth-order valence-electron chi connectivity index (χ4n) is 2.50. The zero-order chi connectivity index (χ0) is 12.0. The van der Waals surface area contributed by atoms with E-state index in [1.54, 1.807) is 0 Å². The predicted molar refractivity (Wildman–Crippen MR) is 74.6 cm³/mol. The van der Waals surface area contributed by atoms with Crippen molar-refractivity contribution in [1.82, 2.24) is 0 Å². The third kappa shape index (κ3) is 5.29. The smallest absolute Gasteiger partial charge is 0.00730 e. The SMILES string of the molecule is CCC(CC)C(S)C(C)C(C)CC(C)C. The Balaban J connectivity index is 4.22. The largest absolute Gasteiger partial charge is 0.175 e. The molecule has 0 fully saturated rings. The molecule has 0 bridgehead atoms. The highest BCUT2D eigenvalue weighted by atomic mass is 32.1. The van der Waals surface area contributed by atoms with E-state index in [0.717, 1.165) is 23.7 Å². The summed E-state index contributed by atoms with van der Waals surface area (Å²) >= 11 is 4.84. The van der Waals surface area contributed by atoms with Crippen molar-refractivity contribution in [3.63, 3.8) is 0 Å². The molecule has 15 heavy (non-hydrogen) atoms. The Morgan fingerprint density at radius 3 is 1.73 bits per heavy atom. The van der Waals surface area contributed by atoms with Crippen LogP contribution >= 0.6 is 12.6 Å². The van der Waals surface area contributed by atoms with Gasteiger partial charge in [-0.15, -0.1) is 0 Å². The topological polar surface area (TPSA) is 0 Å². The van der Waals surface area contributed by atoms with Crippen LogP contribution in [0.4, 0.5) is 0 Å². The average molecular weight is 230 g/mol. The Morgan fingerprint density at radius 2 is 1.40 bits per heavy atom. The first kappa shape index (κ1) is 15.3. The van der Waals surface area contributed by atoms with Crippen LogP contribution in [0.5, 0.6) is 0 Å². The molecule has 0 radical (unpaired) electrons. The summed E-state index contributed by atoms with van der Waals surface area (Å²) in [6.07, 6.45) is 3.87. The van der Waals surface area contributed by atoms with Gasteiger partial charge in [-0.05, 0) is 30.1 Å². The standard InChI is InChI=1S/C14H30S/c1-7-13(8-2)14(15)12(6)11(5)9-10(3)4/h10-15H,7-9H2,1-6H3. The van der Waals surface area contributed by atoms with Crippen LogP contribution in [0.15, 0.2) is 0 Å². The highest BCUT2D eigenvalue weighted by Crippen LogP contribution is 2.32. The molecule has 0 heterocycles. The Morgan fingerprint density at radius 1 is 0.933 bits per heavy atom. The summed E-state index contributed by atoms with van der Waals surface area (Å²) in [5.74, 6) is 3.14. The molecule has 0 spiro atoms. The first-order valence-electron chi connectivity index (χ1n) is 6.61. The van der Waals surface area contributed by atoms with E-state index < -0.39 is 0 Å². The van der Waals surface area contributed by atoms with Crippen LogP contribution in [0.25, 0.3) is 0 Å². The molecule has 0 aromatic heterocycles. The summed E-state index contributed by atoms with van der Waals surface area (Å²) in [4.78, 5) is 0. The summed E-state index contributed by atoms with van der Waals surface area (Å²) in [5.41, 5.74) is 0. The van der Waals surface area contributed by atoms with E-state index in [9.17, 15) is 0 Å². The lowest BCUT2D eigenvalue weighted by molar-refractivity contribution is 0.272. The van der Waals surface area contributed by atoms with Crippen LogP contribution in [0.3, 0.4) is 0 Å². The van der Waals surface area contributed by atoms with Gasteiger partial charge >= 0.3 is 0 Å². The van der Waals surface area contributed by atoms with E-state index in [2.05, 4.69) is 41.5 Å². The van der Waals surface area contributed by atoms with E-state index >= 15 is 0 Å². The first-order chi connectivity index (χ1) is 6.93. The lowest BCUT2D eigenvalue weighted by Gasteiger charge is -2.31. The number of thiol groups is 1. The van der Waals surface area contributed by atoms with Gasteiger partial charge in [-0.2, -0.15) is 12.6 Å². The molecule has 3 unspecified atom stereocenters. The Hall–Kier alpha value is 0.350. The second-order valence-corrected chi connectivity index (χ2v) is 6.13. The van der Waals surface area contributed by atoms with E-state index in [4.69, 9.17) is 12.6 Å². The lowest BCUT2D eigenvalue weighted by Crippen LogP contribution is -2.27. The molecule has 0 nitrogen and oxygen atoms in total. The van der Waals surface area contributed by atoms with Crippen molar-refractivity contribution in [2.45, 2.75) is 66.1 Å². The van der Waals surface area contributed by atoms with E-state index in [1.165, 1.54) is 19.3 Å². The van der Waals surface area contributed by atoms with Gasteiger partial charge in [0.1, 0.15) is 0 Å². The molecule has 0 N–H and O–H groups in total. The summed E-state index contributed by atoms with van der Waals surface area (Å²) in [6, 6.07) is 0. The van der Waals surface area contributed by atoms with E-state index in [1.807, 2.05) is 0 Å². The van der Waals surface area contributed by atoms with Gasteiger partial charge in [0.25, 0.3) is 0 Å². The molecule has 92 valence electrons. The van der Waals surface area contributed by atoms with Crippen LogP contribution in [-0.2, 0) is 0 Å². The molecule has 0 amide bonds. The second kappa shape index (κ2) is 7.60. The fourth-order valence-corrected chi connectivity index (χ4v) is 3.21. The molecular formula is C14H30S. The molecule has 0 saturated carbocycles. The van der Waals surface area contributed by atoms with E-state index in [0.29, 0.717) is 5.25 Å². The van der Waals surface area contributed by atoms with Gasteiger partial charge in [-0.25, -0.2) is 0 Å². The van der Waals surface area contributed by atoms with Gasteiger partial charge in [0.2, 0.25) is 0 Å². The van der Waals surface area contributed by atoms with Crippen molar-refractivity contribution in [3.8, 4) is 0 Å². The van der Waals surface area contributed by atoms with Crippen molar-refractivity contribution >= 4 is 12.6 Å². The molecule has 1 heteroatoms. The Kier molecular flexibility index (Phi) is 7.77. The first-order valence-corrected chi connectivity index (χ1v) is 7.13. The lowest BCUT2D eigenvalue weighted by atomic mass is 9.80. The van der Waals surface area contributed by atoms with Crippen LogP contribution in [0, 0.1) is 23.7 Å². The van der Waals surface area contributed by atoms with Crippen molar-refractivity contribution in [2.24, 2.45) is 23.7 Å². The Bertz CT molecular complexity index is 149. The van der Waals surface area contributed by atoms with Crippen LogP contribution in [-0.4, -0.2) is 5.25 Å². The molecule has 0 aliphatic heterocycles. The highest BCUT2D eigenvalue weighted by molar-refractivity contribution is 7.81. The maximum absolute atomic E-state index is 4.84. The maximum atomic E-state index is 4.84. The third-order valence-corrected chi connectivity index (χ3v) is 4.70. The molecule has 0 aliphatic carbocycles. The van der Waals surface area contributed by atoms with Crippen LogP contribution < -0.4 is 0 Å². The number of hydrogen-bond acceptors (Lipinski definition) is 1. The maximum Gasteiger partial charge on any atom is 0.00730 e. The molecule has 3 atom stereocenters. The Labute approximate surface area is 103 Å². The summed E-state index contributed by atoms with van der Waals surface area (Å²) in [7, 11) is 0. The monoisotopic (exact) mass is 230 g/mol. The normalized spacial score (nSPS) is 18.2. The summed E-state index contributed by atoms with van der Waals surface area (Å²) in [5, 5.41) is 0.578. The zero-order valence-corrected chi connectivity index (χ0v) is 12.3. The van der Waals surface area contributed by atoms with Gasteiger partial charge in [0.15, 0.2) is 0 Å². The fraction of sp³-hybridized carbons (Fsp3) is 1.00. The minimum absolute atomic E-state index is 0.578. The summed E-state index contributed by atoms with van der Waals surface area (Å²) < 4.78 is 0. The van der Waals surface area contributed by atoms with Crippen LogP contribution in [0.1, 0.15) is 60.8 Å². The molecule has 0 rings (SSSR count). The molecular weight excluding hydrogens is 200 g/mol. The van der Waals surface area contributed by atoms with E-state index in [-0.39, 0.29) is 0 Å². The number of hydrogen-bond donors (Lipinski definition) is 1. The average Bonchev–Trinajstić information content (AvgIpc) is 2.17. The molecule has 0 saturated heterocycles. The minimum Gasteiger partial charge on any atom is -0.175 e. The minimum atomic E-state index is 0.578. The van der Waals surface area contributed by atoms with Crippen molar-refractivity contribution in [1.29, 1.82) is 0 Å². The third-order valence-electron chi connectivity index (χ3n) is 3.81. The molecule has 0 aromatic rings. The van der Waals surface area contributed by atoms with Crippen molar-refractivity contribution < 1.29 is 0 Å². The van der Waals surface area contributed by atoms with Gasteiger partial charge in [-0.1, -0.05) is 54.4 Å². The second-order valence-electron chi connectivity index (χ2n) is 5.53. The molecule has 0 aliphatic rings. The predicted octanol–water partition coefficient (Wildman–Crippen LogP) is 5.04. The van der Waals surface area contributed by atoms with Gasteiger partial charge in [0.05, 0.1) is 0 Å². The summed E-state index contributed by atoms with van der Waals surface area (Å²) in [6.45, 7) is 14.0. The zero-order valence-electron chi connectivity index (χ0n) is 11.5. The van der Waals surface area contributed by atoms with Gasteiger partial charge in [0, 0.05) is 5.25 Å². The quantitative estimate of drug-likeness (QED) is 0.582. The number of rotatable bonds is 7. The van der Waals surface area contributed by atoms with Crippen molar-refractivity contribution in [3.05, 3.63) is 0 Å². The van der Waals surface area contributed by atoms with Crippen molar-refractivity contribution in [2.75, 3.05) is 0 Å². The molecule has 0 aromatic carbocycles. The van der Waals surface area contributed by atoms with Gasteiger partial charge < -0.3 is 0 Å².